The van der Waals surface area contributed by atoms with Gasteiger partial charge in [0.15, 0.2) is 5.78 Å². The lowest BCUT2D eigenvalue weighted by Gasteiger charge is -2.02. The fourth-order valence-corrected chi connectivity index (χ4v) is 1.99. The van der Waals surface area contributed by atoms with Crippen molar-refractivity contribution >= 4 is 17.5 Å². The highest BCUT2D eigenvalue weighted by molar-refractivity contribution is 8.03. The molecule has 0 bridgehead atoms. The van der Waals surface area contributed by atoms with Gasteiger partial charge in [-0.1, -0.05) is 13.8 Å². The van der Waals surface area contributed by atoms with Crippen LogP contribution in [-0.2, 0) is 4.79 Å². The summed E-state index contributed by atoms with van der Waals surface area (Å²) in [5.74, 6) is 0.295. The minimum absolute atomic E-state index is 0.295. The Balaban J connectivity index is 2.43. The predicted octanol–water partition coefficient (Wildman–Crippen LogP) is 2.37. The highest BCUT2D eigenvalue weighted by Gasteiger charge is 2.12. The van der Waals surface area contributed by atoms with Gasteiger partial charge in [0.2, 0.25) is 0 Å². The second kappa shape index (κ2) is 3.24. The normalized spacial score (nSPS) is 18.3. The lowest BCUT2D eigenvalue weighted by molar-refractivity contribution is -0.114. The summed E-state index contributed by atoms with van der Waals surface area (Å²) in [7, 11) is 0. The maximum absolute atomic E-state index is 10.7. The van der Waals surface area contributed by atoms with E-state index in [1.165, 1.54) is 4.91 Å². The number of hydrogen-bond acceptors (Lipinski definition) is 2. The lowest BCUT2D eigenvalue weighted by atomic mass is 10.3. The van der Waals surface area contributed by atoms with Gasteiger partial charge >= 0.3 is 0 Å². The van der Waals surface area contributed by atoms with E-state index in [0.29, 0.717) is 11.0 Å². The molecule has 56 valence electrons. The Bertz CT molecular complexity index is 170. The molecular formula is C8H12OS. The first-order chi connectivity index (χ1) is 4.68. The molecule has 0 radical (unpaired) electrons. The van der Waals surface area contributed by atoms with Gasteiger partial charge in [-0.15, -0.1) is 11.8 Å². The Kier molecular flexibility index (Phi) is 2.55. The van der Waals surface area contributed by atoms with Crippen molar-refractivity contribution in [3.8, 4) is 0 Å². The first-order valence-corrected chi connectivity index (χ1v) is 4.46. The van der Waals surface area contributed by atoms with Gasteiger partial charge in [0, 0.05) is 11.7 Å². The Hall–Kier alpha value is -0.240. The number of carbonyl (C=O) groups excluding carboxylic acids is 1. The largest absolute Gasteiger partial charge is 0.295 e. The SMILES string of the molecule is CC(C)SC1=CC(=O)CC1. The topological polar surface area (TPSA) is 17.1 Å². The van der Waals surface area contributed by atoms with Crippen molar-refractivity contribution in [1.29, 1.82) is 0 Å². The van der Waals surface area contributed by atoms with Crippen LogP contribution in [0.5, 0.6) is 0 Å². The molecule has 0 aromatic heterocycles. The summed E-state index contributed by atoms with van der Waals surface area (Å²) in [5.41, 5.74) is 0. The number of thioether (sulfide) groups is 1. The first kappa shape index (κ1) is 7.86. The third kappa shape index (κ3) is 2.18. The highest BCUT2D eigenvalue weighted by Crippen LogP contribution is 2.29. The van der Waals surface area contributed by atoms with Crippen molar-refractivity contribution in [2.75, 3.05) is 0 Å². The molecule has 0 heterocycles. The molecule has 10 heavy (non-hydrogen) atoms. The van der Waals surface area contributed by atoms with E-state index in [1.807, 2.05) is 0 Å². The van der Waals surface area contributed by atoms with Crippen molar-refractivity contribution in [1.82, 2.24) is 0 Å². The van der Waals surface area contributed by atoms with Crippen molar-refractivity contribution in [3.05, 3.63) is 11.0 Å². The molecule has 0 saturated heterocycles. The Morgan fingerprint density at radius 1 is 1.50 bits per heavy atom. The van der Waals surface area contributed by atoms with E-state index < -0.39 is 0 Å². The standard InChI is InChI=1S/C8H12OS/c1-6(2)10-8-4-3-7(9)5-8/h5-6H,3-4H2,1-2H3. The summed E-state index contributed by atoms with van der Waals surface area (Å²) in [6, 6.07) is 0. The van der Waals surface area contributed by atoms with Crippen LogP contribution in [0.25, 0.3) is 0 Å². The monoisotopic (exact) mass is 156 g/mol. The number of allylic oxidation sites excluding steroid dienone is 2. The summed E-state index contributed by atoms with van der Waals surface area (Å²) in [6.07, 6.45) is 3.49. The number of rotatable bonds is 2. The molecule has 0 aromatic carbocycles. The average Bonchev–Trinajstić information content (AvgIpc) is 2.13. The summed E-state index contributed by atoms with van der Waals surface area (Å²) in [5, 5.41) is 0.608. The summed E-state index contributed by atoms with van der Waals surface area (Å²) >= 11 is 1.81. The van der Waals surface area contributed by atoms with Gasteiger partial charge in [-0.2, -0.15) is 0 Å². The molecule has 0 aromatic rings. The van der Waals surface area contributed by atoms with Crippen LogP contribution >= 0.6 is 11.8 Å². The van der Waals surface area contributed by atoms with E-state index in [2.05, 4.69) is 13.8 Å². The second-order valence-corrected chi connectivity index (χ2v) is 4.45. The molecule has 1 aliphatic rings. The maximum atomic E-state index is 10.7. The van der Waals surface area contributed by atoms with E-state index in [4.69, 9.17) is 0 Å². The summed E-state index contributed by atoms with van der Waals surface area (Å²) < 4.78 is 0. The van der Waals surface area contributed by atoms with Crippen molar-refractivity contribution in [3.63, 3.8) is 0 Å². The van der Waals surface area contributed by atoms with Crippen LogP contribution < -0.4 is 0 Å². The van der Waals surface area contributed by atoms with Gasteiger partial charge in [0.1, 0.15) is 0 Å². The zero-order valence-corrected chi connectivity index (χ0v) is 7.20. The molecule has 0 N–H and O–H groups in total. The molecule has 2 heteroatoms. The summed E-state index contributed by atoms with van der Waals surface area (Å²) in [6.45, 7) is 4.29. The minimum Gasteiger partial charge on any atom is -0.295 e. The average molecular weight is 156 g/mol. The van der Waals surface area contributed by atoms with Gasteiger partial charge < -0.3 is 0 Å². The molecule has 1 aliphatic carbocycles. The molecule has 1 rings (SSSR count). The van der Waals surface area contributed by atoms with Gasteiger partial charge in [-0.05, 0) is 17.4 Å². The van der Waals surface area contributed by atoms with Crippen LogP contribution in [0.15, 0.2) is 11.0 Å². The minimum atomic E-state index is 0.295. The van der Waals surface area contributed by atoms with E-state index in [1.54, 1.807) is 17.8 Å². The van der Waals surface area contributed by atoms with Gasteiger partial charge in [0.05, 0.1) is 0 Å². The smallest absolute Gasteiger partial charge is 0.156 e. The van der Waals surface area contributed by atoms with Crippen LogP contribution in [0.1, 0.15) is 26.7 Å². The van der Waals surface area contributed by atoms with Gasteiger partial charge in [0.25, 0.3) is 0 Å². The maximum Gasteiger partial charge on any atom is 0.156 e. The zero-order chi connectivity index (χ0) is 7.56. The van der Waals surface area contributed by atoms with Crippen molar-refractivity contribution in [2.24, 2.45) is 0 Å². The molecule has 0 unspecified atom stereocenters. The van der Waals surface area contributed by atoms with Crippen LogP contribution in [0, 0.1) is 0 Å². The molecule has 0 atom stereocenters. The quantitative estimate of drug-likeness (QED) is 0.610. The van der Waals surface area contributed by atoms with Crippen molar-refractivity contribution < 1.29 is 4.79 Å². The number of carbonyl (C=O) groups is 1. The molecular weight excluding hydrogens is 144 g/mol. The van der Waals surface area contributed by atoms with Crippen LogP contribution in [0.3, 0.4) is 0 Å². The molecule has 1 nitrogen and oxygen atoms in total. The van der Waals surface area contributed by atoms with Gasteiger partial charge in [-0.25, -0.2) is 0 Å². The van der Waals surface area contributed by atoms with Crippen LogP contribution in [0.4, 0.5) is 0 Å². The highest BCUT2D eigenvalue weighted by atomic mass is 32.2. The molecule has 0 amide bonds. The number of hydrogen-bond donors (Lipinski definition) is 0. The van der Waals surface area contributed by atoms with Crippen LogP contribution in [-0.4, -0.2) is 11.0 Å². The lowest BCUT2D eigenvalue weighted by Crippen LogP contribution is -1.85. The zero-order valence-electron chi connectivity index (χ0n) is 6.39. The Morgan fingerprint density at radius 2 is 2.20 bits per heavy atom. The van der Waals surface area contributed by atoms with Crippen molar-refractivity contribution in [2.45, 2.75) is 31.9 Å². The van der Waals surface area contributed by atoms with E-state index >= 15 is 0 Å². The second-order valence-electron chi connectivity index (χ2n) is 2.74. The Labute approximate surface area is 65.9 Å². The predicted molar refractivity (Wildman–Crippen MR) is 45.1 cm³/mol. The van der Waals surface area contributed by atoms with Gasteiger partial charge in [-0.3, -0.25) is 4.79 Å². The molecule has 0 saturated carbocycles. The van der Waals surface area contributed by atoms with E-state index in [-0.39, 0.29) is 0 Å². The third-order valence-electron chi connectivity index (χ3n) is 1.33. The molecule has 0 spiro atoms. The Morgan fingerprint density at radius 3 is 2.60 bits per heavy atom. The van der Waals surface area contributed by atoms with E-state index in [9.17, 15) is 4.79 Å². The fraction of sp³-hybridized carbons (Fsp3) is 0.625. The summed E-state index contributed by atoms with van der Waals surface area (Å²) in [4.78, 5) is 12.0. The third-order valence-corrected chi connectivity index (χ3v) is 2.42. The fourth-order valence-electron chi connectivity index (χ4n) is 0.966. The van der Waals surface area contributed by atoms with Crippen LogP contribution in [0.2, 0.25) is 0 Å². The molecule has 0 aliphatic heterocycles. The van der Waals surface area contributed by atoms with E-state index in [0.717, 1.165) is 12.8 Å². The molecule has 0 fully saturated rings. The number of ketones is 1. The first-order valence-electron chi connectivity index (χ1n) is 3.58.